The van der Waals surface area contributed by atoms with E-state index in [0.29, 0.717) is 16.9 Å². The number of ether oxygens (including phenoxy) is 1. The van der Waals surface area contributed by atoms with Crippen molar-refractivity contribution in [2.75, 3.05) is 7.11 Å². The zero-order valence-corrected chi connectivity index (χ0v) is 7.91. The van der Waals surface area contributed by atoms with Gasteiger partial charge in [0.25, 0.3) is 0 Å². The molecule has 2 heterocycles. The SMILES string of the molecule is COc1ncnc2c1cnn2CC(=O)O. The number of hydrogen-bond acceptors (Lipinski definition) is 5. The fourth-order valence-corrected chi connectivity index (χ4v) is 1.28. The molecule has 7 heteroatoms. The van der Waals surface area contributed by atoms with Gasteiger partial charge in [-0.3, -0.25) is 4.79 Å². The largest absolute Gasteiger partial charge is 0.480 e. The van der Waals surface area contributed by atoms with E-state index >= 15 is 0 Å². The first-order valence-corrected chi connectivity index (χ1v) is 4.14. The third-order valence-electron chi connectivity index (χ3n) is 1.88. The molecule has 0 aromatic carbocycles. The molecule has 2 rings (SSSR count). The summed E-state index contributed by atoms with van der Waals surface area (Å²) in [5, 5.41) is 13.1. The highest BCUT2D eigenvalue weighted by molar-refractivity contribution is 5.80. The number of aliphatic carboxylic acids is 1. The van der Waals surface area contributed by atoms with E-state index in [-0.39, 0.29) is 6.54 Å². The van der Waals surface area contributed by atoms with Crippen LogP contribution in [0.2, 0.25) is 0 Å². The van der Waals surface area contributed by atoms with Crippen LogP contribution in [0.3, 0.4) is 0 Å². The van der Waals surface area contributed by atoms with Gasteiger partial charge in [0.15, 0.2) is 5.65 Å². The molecule has 0 radical (unpaired) electrons. The number of fused-ring (bicyclic) bond motifs is 1. The number of carbonyl (C=O) groups is 1. The normalized spacial score (nSPS) is 10.5. The summed E-state index contributed by atoms with van der Waals surface area (Å²) in [6.45, 7) is -0.232. The van der Waals surface area contributed by atoms with Crippen molar-refractivity contribution in [1.29, 1.82) is 0 Å². The van der Waals surface area contributed by atoms with Crippen molar-refractivity contribution in [2.45, 2.75) is 6.54 Å². The minimum Gasteiger partial charge on any atom is -0.480 e. The topological polar surface area (TPSA) is 90.1 Å². The lowest BCUT2D eigenvalue weighted by Gasteiger charge is -2.00. The Labute approximate surface area is 84.3 Å². The number of aromatic nitrogens is 4. The van der Waals surface area contributed by atoms with Crippen LogP contribution in [0.1, 0.15) is 0 Å². The monoisotopic (exact) mass is 208 g/mol. The molecule has 2 aromatic heterocycles. The fraction of sp³-hybridized carbons (Fsp3) is 0.250. The quantitative estimate of drug-likeness (QED) is 0.758. The maximum absolute atomic E-state index is 10.5. The molecule has 0 amide bonds. The van der Waals surface area contributed by atoms with Crippen LogP contribution in [-0.4, -0.2) is 37.9 Å². The molecule has 0 aliphatic carbocycles. The van der Waals surface area contributed by atoms with Gasteiger partial charge in [0, 0.05) is 0 Å². The predicted octanol–water partition coefficient (Wildman–Crippen LogP) is -0.0805. The summed E-state index contributed by atoms with van der Waals surface area (Å²) < 4.78 is 6.27. The van der Waals surface area contributed by atoms with Crippen LogP contribution in [0, 0.1) is 0 Å². The smallest absolute Gasteiger partial charge is 0.325 e. The van der Waals surface area contributed by atoms with Gasteiger partial charge in [0.05, 0.1) is 13.3 Å². The summed E-state index contributed by atoms with van der Waals surface area (Å²) in [6.07, 6.45) is 2.79. The lowest BCUT2D eigenvalue weighted by atomic mass is 10.4. The van der Waals surface area contributed by atoms with Crippen LogP contribution in [0.4, 0.5) is 0 Å². The van der Waals surface area contributed by atoms with E-state index in [2.05, 4.69) is 15.1 Å². The van der Waals surface area contributed by atoms with Crippen molar-refractivity contribution < 1.29 is 14.6 Å². The minimum atomic E-state index is -0.974. The Bertz CT molecular complexity index is 508. The van der Waals surface area contributed by atoms with Gasteiger partial charge in [-0.1, -0.05) is 0 Å². The van der Waals surface area contributed by atoms with Gasteiger partial charge in [-0.2, -0.15) is 5.10 Å². The number of rotatable bonds is 3. The highest BCUT2D eigenvalue weighted by atomic mass is 16.5. The summed E-state index contributed by atoms with van der Waals surface area (Å²) in [4.78, 5) is 18.4. The summed E-state index contributed by atoms with van der Waals surface area (Å²) >= 11 is 0. The van der Waals surface area contributed by atoms with Crippen LogP contribution < -0.4 is 4.74 Å². The highest BCUT2D eigenvalue weighted by Gasteiger charge is 2.11. The summed E-state index contributed by atoms with van der Waals surface area (Å²) in [5.41, 5.74) is 0.448. The molecule has 0 saturated heterocycles. The average Bonchev–Trinajstić information content (AvgIpc) is 2.61. The van der Waals surface area contributed by atoms with Gasteiger partial charge in [0.2, 0.25) is 5.88 Å². The van der Waals surface area contributed by atoms with Crippen molar-refractivity contribution in [3.63, 3.8) is 0 Å². The van der Waals surface area contributed by atoms with Crippen LogP contribution in [0.15, 0.2) is 12.5 Å². The Morgan fingerprint density at radius 1 is 1.60 bits per heavy atom. The molecule has 7 nitrogen and oxygen atoms in total. The van der Waals surface area contributed by atoms with Crippen molar-refractivity contribution >= 4 is 17.0 Å². The Balaban J connectivity index is 2.55. The van der Waals surface area contributed by atoms with Gasteiger partial charge >= 0.3 is 5.97 Å². The number of hydrogen-bond donors (Lipinski definition) is 1. The second-order valence-corrected chi connectivity index (χ2v) is 2.82. The highest BCUT2D eigenvalue weighted by Crippen LogP contribution is 2.19. The van der Waals surface area contributed by atoms with Crippen LogP contribution in [0.5, 0.6) is 5.88 Å². The lowest BCUT2D eigenvalue weighted by Crippen LogP contribution is -2.10. The Hall–Kier alpha value is -2.18. The van der Waals surface area contributed by atoms with E-state index in [1.165, 1.54) is 24.3 Å². The zero-order chi connectivity index (χ0) is 10.8. The number of methoxy groups -OCH3 is 1. The molecule has 0 aliphatic rings. The number of carboxylic acids is 1. The molecular weight excluding hydrogens is 200 g/mol. The first-order valence-electron chi connectivity index (χ1n) is 4.14. The third-order valence-corrected chi connectivity index (χ3v) is 1.88. The van der Waals surface area contributed by atoms with Crippen LogP contribution in [-0.2, 0) is 11.3 Å². The molecule has 0 spiro atoms. The molecule has 0 bridgehead atoms. The maximum Gasteiger partial charge on any atom is 0.325 e. The summed E-state index contributed by atoms with van der Waals surface area (Å²) in [6, 6.07) is 0. The van der Waals surface area contributed by atoms with Gasteiger partial charge < -0.3 is 9.84 Å². The Kier molecular flexibility index (Phi) is 2.20. The lowest BCUT2D eigenvalue weighted by molar-refractivity contribution is -0.137. The van der Waals surface area contributed by atoms with E-state index in [4.69, 9.17) is 9.84 Å². The van der Waals surface area contributed by atoms with Crippen LogP contribution in [0.25, 0.3) is 11.0 Å². The molecule has 0 saturated carbocycles. The van der Waals surface area contributed by atoms with E-state index in [1.807, 2.05) is 0 Å². The van der Waals surface area contributed by atoms with Gasteiger partial charge in [-0.05, 0) is 0 Å². The summed E-state index contributed by atoms with van der Waals surface area (Å²) in [5.74, 6) is -0.589. The molecule has 2 aromatic rings. The van der Waals surface area contributed by atoms with E-state index in [9.17, 15) is 4.79 Å². The third kappa shape index (κ3) is 1.58. The Morgan fingerprint density at radius 3 is 3.07 bits per heavy atom. The van der Waals surface area contributed by atoms with Crippen molar-refractivity contribution in [1.82, 2.24) is 19.7 Å². The molecule has 0 aliphatic heterocycles. The molecular formula is C8H8N4O3. The molecule has 0 atom stereocenters. The molecule has 0 fully saturated rings. The second-order valence-electron chi connectivity index (χ2n) is 2.82. The van der Waals surface area contributed by atoms with E-state index < -0.39 is 5.97 Å². The standard InChI is InChI=1S/C8H8N4O3/c1-15-8-5-2-11-12(3-6(13)14)7(5)9-4-10-8/h2,4H,3H2,1H3,(H,13,14). The molecule has 78 valence electrons. The van der Waals surface area contributed by atoms with Crippen molar-refractivity contribution in [3.05, 3.63) is 12.5 Å². The van der Waals surface area contributed by atoms with E-state index in [0.717, 1.165) is 0 Å². The van der Waals surface area contributed by atoms with E-state index in [1.54, 1.807) is 0 Å². The molecule has 15 heavy (non-hydrogen) atoms. The maximum atomic E-state index is 10.5. The second kappa shape index (κ2) is 3.52. The first-order chi connectivity index (χ1) is 7.22. The predicted molar refractivity (Wildman–Crippen MR) is 49.5 cm³/mol. The van der Waals surface area contributed by atoms with Crippen LogP contribution >= 0.6 is 0 Å². The van der Waals surface area contributed by atoms with Crippen molar-refractivity contribution in [3.8, 4) is 5.88 Å². The molecule has 0 unspecified atom stereocenters. The Morgan fingerprint density at radius 2 is 2.40 bits per heavy atom. The first kappa shape index (κ1) is 9.38. The van der Waals surface area contributed by atoms with Gasteiger partial charge in [-0.25, -0.2) is 14.6 Å². The van der Waals surface area contributed by atoms with Gasteiger partial charge in [-0.15, -0.1) is 0 Å². The fourth-order valence-electron chi connectivity index (χ4n) is 1.28. The number of carboxylic acid groups (broad SMARTS) is 1. The molecule has 1 N–H and O–H groups in total. The number of nitrogens with zero attached hydrogens (tertiary/aromatic N) is 4. The summed E-state index contributed by atoms with van der Waals surface area (Å²) in [7, 11) is 1.48. The minimum absolute atomic E-state index is 0.232. The van der Waals surface area contributed by atoms with Gasteiger partial charge in [0.1, 0.15) is 18.3 Å². The zero-order valence-electron chi connectivity index (χ0n) is 7.91. The average molecular weight is 208 g/mol. The van der Waals surface area contributed by atoms with Crippen molar-refractivity contribution in [2.24, 2.45) is 0 Å².